The Kier molecular flexibility index (Phi) is 9.94. The Morgan fingerprint density at radius 1 is 0.650 bits per heavy atom. The molecule has 214 valence electrons. The van der Waals surface area contributed by atoms with Crippen molar-refractivity contribution < 1.29 is 23.5 Å². The Labute approximate surface area is 238 Å². The van der Waals surface area contributed by atoms with E-state index in [2.05, 4.69) is 0 Å². The van der Waals surface area contributed by atoms with Gasteiger partial charge in [0.2, 0.25) is 0 Å². The number of ether oxygens (including phenoxy) is 2. The fourth-order valence-electron chi connectivity index (χ4n) is 5.34. The number of alkyl halides is 1. The van der Waals surface area contributed by atoms with Crippen LogP contribution in [0.5, 0.6) is 0 Å². The first-order chi connectivity index (χ1) is 18.8. The van der Waals surface area contributed by atoms with Gasteiger partial charge in [-0.1, -0.05) is 97.9 Å². The number of hydrogen-bond acceptors (Lipinski definition) is 4. The molecule has 3 aromatic carbocycles. The molecule has 0 saturated heterocycles. The van der Waals surface area contributed by atoms with Crippen molar-refractivity contribution in [2.75, 3.05) is 0 Å². The van der Waals surface area contributed by atoms with Crippen LogP contribution in [0.3, 0.4) is 0 Å². The lowest BCUT2D eigenvalue weighted by Gasteiger charge is -2.43. The van der Waals surface area contributed by atoms with Crippen LogP contribution in [-0.4, -0.2) is 29.3 Å². The third kappa shape index (κ3) is 7.38. The number of carbonyl (C=O) groups excluding carboxylic acids is 2. The molecule has 0 aliphatic heterocycles. The van der Waals surface area contributed by atoms with Crippen LogP contribution in [0.25, 0.3) is 0 Å². The number of benzene rings is 3. The third-order valence-corrected chi connectivity index (χ3v) is 6.93. The molecule has 0 aliphatic rings. The predicted octanol–water partition coefficient (Wildman–Crippen LogP) is 8.08. The largest absolute Gasteiger partial charge is 0.460 e. The second-order valence-electron chi connectivity index (χ2n) is 12.3. The number of esters is 2. The summed E-state index contributed by atoms with van der Waals surface area (Å²) in [4.78, 5) is 27.9. The highest BCUT2D eigenvalue weighted by molar-refractivity contribution is 5.80. The zero-order valence-electron chi connectivity index (χ0n) is 24.8. The molecule has 0 N–H and O–H groups in total. The maximum atomic E-state index is 15.7. The average molecular weight is 547 g/mol. The van der Waals surface area contributed by atoms with E-state index >= 15 is 4.39 Å². The van der Waals surface area contributed by atoms with Crippen molar-refractivity contribution in [2.45, 2.75) is 84.1 Å². The number of rotatable bonds is 10. The molecule has 2 unspecified atom stereocenters. The molecule has 0 bridgehead atoms. The zero-order chi connectivity index (χ0) is 29.6. The summed E-state index contributed by atoms with van der Waals surface area (Å²) in [6.45, 7) is 12.4. The summed E-state index contributed by atoms with van der Waals surface area (Å²) < 4.78 is 27.5. The van der Waals surface area contributed by atoms with Crippen molar-refractivity contribution in [3.8, 4) is 0 Å². The van der Waals surface area contributed by atoms with Crippen molar-refractivity contribution in [3.05, 3.63) is 108 Å². The molecule has 0 aliphatic carbocycles. The molecule has 5 heteroatoms. The minimum atomic E-state index is -1.50. The Hall–Kier alpha value is -3.47. The highest BCUT2D eigenvalue weighted by atomic mass is 19.1. The molecule has 40 heavy (non-hydrogen) atoms. The van der Waals surface area contributed by atoms with Crippen LogP contribution in [-0.2, 0) is 24.5 Å². The highest BCUT2D eigenvalue weighted by Gasteiger charge is 2.51. The SMILES string of the molecule is CCC(F)C(C[C@H](C(=O)OC(C)(C)C)C(c1ccccc1)(c1ccccc1)c1ccccc1)C(=O)OC(C)(C)C. The van der Waals surface area contributed by atoms with Gasteiger partial charge in [0.1, 0.15) is 17.4 Å². The summed E-state index contributed by atoms with van der Waals surface area (Å²) >= 11 is 0. The van der Waals surface area contributed by atoms with Gasteiger partial charge in [0, 0.05) is 0 Å². The Bertz CT molecular complexity index is 1130. The first-order valence-electron chi connectivity index (χ1n) is 14.1. The molecule has 0 spiro atoms. The number of halogens is 1. The average Bonchev–Trinajstić information content (AvgIpc) is 2.90. The predicted molar refractivity (Wildman–Crippen MR) is 158 cm³/mol. The molecule has 0 fully saturated rings. The van der Waals surface area contributed by atoms with Crippen LogP contribution < -0.4 is 0 Å². The van der Waals surface area contributed by atoms with Crippen molar-refractivity contribution in [2.24, 2.45) is 11.8 Å². The van der Waals surface area contributed by atoms with Gasteiger partial charge in [-0.05, 0) is 71.1 Å². The van der Waals surface area contributed by atoms with E-state index < -0.39 is 46.6 Å². The molecule has 0 amide bonds. The Morgan fingerprint density at radius 3 is 1.32 bits per heavy atom. The van der Waals surface area contributed by atoms with Crippen LogP contribution in [0.1, 0.15) is 78.0 Å². The normalized spacial score (nSPS) is 14.6. The molecular formula is C35H43FO4. The van der Waals surface area contributed by atoms with Gasteiger partial charge in [-0.2, -0.15) is 0 Å². The van der Waals surface area contributed by atoms with Gasteiger partial charge in [-0.3, -0.25) is 9.59 Å². The lowest BCUT2D eigenvalue weighted by Crippen LogP contribution is -2.47. The van der Waals surface area contributed by atoms with Gasteiger partial charge in [0.05, 0.1) is 17.3 Å². The number of carbonyl (C=O) groups is 2. The van der Waals surface area contributed by atoms with Crippen LogP contribution >= 0.6 is 0 Å². The molecule has 4 nitrogen and oxygen atoms in total. The van der Waals surface area contributed by atoms with Crippen LogP contribution in [0.2, 0.25) is 0 Å². The van der Waals surface area contributed by atoms with Gasteiger partial charge in [0.15, 0.2) is 0 Å². The fraction of sp³-hybridized carbons (Fsp3) is 0.429. The van der Waals surface area contributed by atoms with E-state index in [0.717, 1.165) is 16.7 Å². The fourth-order valence-corrected chi connectivity index (χ4v) is 5.34. The van der Waals surface area contributed by atoms with Crippen molar-refractivity contribution in [1.29, 1.82) is 0 Å². The maximum Gasteiger partial charge on any atom is 0.312 e. The van der Waals surface area contributed by atoms with Gasteiger partial charge in [-0.15, -0.1) is 0 Å². The van der Waals surface area contributed by atoms with E-state index in [0.29, 0.717) is 0 Å². The van der Waals surface area contributed by atoms with Crippen molar-refractivity contribution in [1.82, 2.24) is 0 Å². The summed E-state index contributed by atoms with van der Waals surface area (Å²) in [6, 6.07) is 29.2. The van der Waals surface area contributed by atoms with Crippen LogP contribution in [0.4, 0.5) is 4.39 Å². The molecule has 0 heterocycles. The molecule has 3 aromatic rings. The first-order valence-corrected chi connectivity index (χ1v) is 14.1. The van der Waals surface area contributed by atoms with E-state index in [1.807, 2.05) is 112 Å². The van der Waals surface area contributed by atoms with E-state index in [1.165, 1.54) is 0 Å². The van der Waals surface area contributed by atoms with E-state index in [4.69, 9.17) is 9.47 Å². The lowest BCUT2D eigenvalue weighted by molar-refractivity contribution is -0.167. The van der Waals surface area contributed by atoms with Gasteiger partial charge < -0.3 is 9.47 Å². The highest BCUT2D eigenvalue weighted by Crippen LogP contribution is 2.49. The summed E-state index contributed by atoms with van der Waals surface area (Å²) in [5.74, 6) is -3.28. The van der Waals surface area contributed by atoms with Crippen LogP contribution in [0.15, 0.2) is 91.0 Å². The third-order valence-electron chi connectivity index (χ3n) is 6.93. The molecule has 3 rings (SSSR count). The zero-order valence-corrected chi connectivity index (χ0v) is 24.8. The first kappa shape index (κ1) is 31.1. The standard InChI is InChI=1S/C35H43FO4/c1-8-30(36)28(31(37)39-33(2,3)4)24-29(32(38)40-34(5,6)7)35(25-18-12-9-13-19-25,26-20-14-10-15-21-26)27-22-16-11-17-23-27/h9-23,28-30H,8,24H2,1-7H3/t28?,29-,30?/m1/s1. The Morgan fingerprint density at radius 2 is 1.00 bits per heavy atom. The molecule has 0 aromatic heterocycles. The summed E-state index contributed by atoms with van der Waals surface area (Å²) in [5.41, 5.74) is -0.152. The van der Waals surface area contributed by atoms with Crippen molar-refractivity contribution in [3.63, 3.8) is 0 Å². The molecule has 3 atom stereocenters. The quantitative estimate of drug-likeness (QED) is 0.191. The maximum absolute atomic E-state index is 15.7. The van der Waals surface area contributed by atoms with Gasteiger partial charge in [0.25, 0.3) is 0 Å². The lowest BCUT2D eigenvalue weighted by atomic mass is 9.59. The topological polar surface area (TPSA) is 52.6 Å². The number of hydrogen-bond donors (Lipinski definition) is 0. The summed E-state index contributed by atoms with van der Waals surface area (Å²) in [5, 5.41) is 0. The van der Waals surface area contributed by atoms with Crippen molar-refractivity contribution >= 4 is 11.9 Å². The molecular weight excluding hydrogens is 503 g/mol. The van der Waals surface area contributed by atoms with Gasteiger partial charge in [-0.25, -0.2) is 4.39 Å². The van der Waals surface area contributed by atoms with E-state index in [9.17, 15) is 9.59 Å². The molecule has 0 saturated carbocycles. The van der Waals surface area contributed by atoms with E-state index in [-0.39, 0.29) is 12.8 Å². The smallest absolute Gasteiger partial charge is 0.312 e. The summed E-state index contributed by atoms with van der Waals surface area (Å²) in [6.07, 6.45) is -1.49. The molecule has 0 radical (unpaired) electrons. The van der Waals surface area contributed by atoms with E-state index in [1.54, 1.807) is 27.7 Å². The van der Waals surface area contributed by atoms with Gasteiger partial charge >= 0.3 is 11.9 Å². The minimum absolute atomic E-state index is 0.0997. The minimum Gasteiger partial charge on any atom is -0.460 e. The monoisotopic (exact) mass is 546 g/mol. The van der Waals surface area contributed by atoms with Crippen LogP contribution in [0, 0.1) is 11.8 Å². The Balaban J connectivity index is 2.39. The second-order valence-corrected chi connectivity index (χ2v) is 12.3. The second kappa shape index (κ2) is 12.8. The summed E-state index contributed by atoms with van der Waals surface area (Å²) in [7, 11) is 0.